The van der Waals surface area contributed by atoms with E-state index in [4.69, 9.17) is 26.7 Å². The summed E-state index contributed by atoms with van der Waals surface area (Å²) in [7, 11) is 1.86. The number of esters is 1. The molecule has 0 fully saturated rings. The van der Waals surface area contributed by atoms with E-state index in [2.05, 4.69) is 13.8 Å². The molecule has 29 heavy (non-hydrogen) atoms. The molecule has 0 saturated heterocycles. The smallest absolute Gasteiger partial charge is 0.308 e. The molecule has 0 spiro atoms. The predicted molar refractivity (Wildman–Crippen MR) is 121 cm³/mol. The van der Waals surface area contributed by atoms with Crippen molar-refractivity contribution in [2.75, 3.05) is 11.9 Å². The van der Waals surface area contributed by atoms with Crippen LogP contribution in [0.4, 0.5) is 5.00 Å². The Labute approximate surface area is 180 Å². The molecule has 3 rings (SSSR count). The van der Waals surface area contributed by atoms with Gasteiger partial charge >= 0.3 is 5.97 Å². The number of aryl methyl sites for hydroxylation is 1. The van der Waals surface area contributed by atoms with Gasteiger partial charge < -0.3 is 9.64 Å². The average molecular weight is 432 g/mol. The van der Waals surface area contributed by atoms with Crippen LogP contribution in [0.25, 0.3) is 0 Å². The normalized spacial score (nSPS) is 16.9. The van der Waals surface area contributed by atoms with Gasteiger partial charge in [0.1, 0.15) is 22.5 Å². The molecular formula is C22H26ClN3O2S. The third-order valence-electron chi connectivity index (χ3n) is 4.77. The van der Waals surface area contributed by atoms with E-state index in [9.17, 15) is 4.79 Å². The maximum atomic E-state index is 12.5. The maximum absolute atomic E-state index is 12.5. The zero-order valence-corrected chi connectivity index (χ0v) is 19.2. The molecule has 2 aromatic rings. The number of thiophene rings is 1. The Kier molecular flexibility index (Phi) is 5.88. The number of ether oxygens (including phenoxy) is 1. The summed E-state index contributed by atoms with van der Waals surface area (Å²) in [5.74, 6) is -0.0830. The number of anilines is 1. The Balaban J connectivity index is 2.11. The Morgan fingerprint density at radius 2 is 1.90 bits per heavy atom. The van der Waals surface area contributed by atoms with E-state index in [-0.39, 0.29) is 18.2 Å². The van der Waals surface area contributed by atoms with Gasteiger partial charge in [0.25, 0.3) is 0 Å². The van der Waals surface area contributed by atoms with Crippen LogP contribution in [0.5, 0.6) is 0 Å². The van der Waals surface area contributed by atoms with Gasteiger partial charge in [0, 0.05) is 28.1 Å². The first-order valence-electron chi connectivity index (χ1n) is 9.46. The summed E-state index contributed by atoms with van der Waals surface area (Å²) < 4.78 is 5.48. The fourth-order valence-corrected chi connectivity index (χ4v) is 4.51. The number of carbonyl (C=O) groups excluding carboxylic acids is 1. The lowest BCUT2D eigenvalue weighted by atomic mass is 10.00. The van der Waals surface area contributed by atoms with E-state index in [0.717, 1.165) is 27.4 Å². The van der Waals surface area contributed by atoms with Crippen LogP contribution in [0.2, 0.25) is 5.02 Å². The quantitative estimate of drug-likeness (QED) is 0.663. The first-order valence-corrected chi connectivity index (χ1v) is 10.7. The number of nitrogens with zero attached hydrogens (tertiary/aromatic N) is 2. The van der Waals surface area contributed by atoms with Gasteiger partial charge in [-0.05, 0) is 52.3 Å². The number of halogens is 1. The summed E-state index contributed by atoms with van der Waals surface area (Å²) in [4.78, 5) is 20.4. The number of aliphatic imine (C=N–C) groups is 1. The second-order valence-corrected chi connectivity index (χ2v) is 9.84. The second-order valence-electron chi connectivity index (χ2n) is 8.20. The van der Waals surface area contributed by atoms with Crippen molar-refractivity contribution in [1.82, 2.24) is 0 Å². The van der Waals surface area contributed by atoms with E-state index < -0.39 is 11.6 Å². The molecule has 1 aromatic heterocycles. The number of nitrogens with one attached hydrogen (secondary N) is 1. The summed E-state index contributed by atoms with van der Waals surface area (Å²) in [5.41, 5.74) is 3.25. The molecule has 0 unspecified atom stereocenters. The molecule has 7 heteroatoms. The van der Waals surface area contributed by atoms with E-state index in [1.54, 1.807) is 11.3 Å². The Bertz CT molecular complexity index is 987. The number of likely N-dealkylation sites (N-methyl/N-ethyl adjacent to an activating group) is 1. The standard InChI is InChI=1S/C22H26ClN3O2S/c1-12-13(2)29-21-18(12)19(14-7-9-15(23)10-8-14)25-16(20(24)26(21)6)11-17(27)28-22(3,4)5/h7-10,16,24H,11H2,1-6H3/t16-/m0/s1. The van der Waals surface area contributed by atoms with Gasteiger partial charge in [0.2, 0.25) is 0 Å². The highest BCUT2D eigenvalue weighted by Gasteiger charge is 2.33. The van der Waals surface area contributed by atoms with Gasteiger partial charge in [-0.15, -0.1) is 11.3 Å². The molecule has 0 radical (unpaired) electrons. The van der Waals surface area contributed by atoms with E-state index >= 15 is 0 Å². The average Bonchev–Trinajstić information content (AvgIpc) is 2.86. The number of hydrogen-bond acceptors (Lipinski definition) is 5. The number of carbonyl (C=O) groups is 1. The fourth-order valence-electron chi connectivity index (χ4n) is 3.25. The first kappa shape index (κ1) is 21.5. The van der Waals surface area contributed by atoms with Crippen LogP contribution >= 0.6 is 22.9 Å². The zero-order valence-electron chi connectivity index (χ0n) is 17.6. The van der Waals surface area contributed by atoms with E-state index in [0.29, 0.717) is 5.02 Å². The van der Waals surface area contributed by atoms with Gasteiger partial charge in [0.15, 0.2) is 0 Å². The lowest BCUT2D eigenvalue weighted by Gasteiger charge is -2.23. The number of amidine groups is 1. The summed E-state index contributed by atoms with van der Waals surface area (Å²) >= 11 is 7.72. The van der Waals surface area contributed by atoms with E-state index in [1.165, 1.54) is 4.88 Å². The van der Waals surface area contributed by atoms with Gasteiger partial charge in [-0.1, -0.05) is 23.7 Å². The topological polar surface area (TPSA) is 65.8 Å². The van der Waals surface area contributed by atoms with Crippen LogP contribution in [-0.2, 0) is 9.53 Å². The monoisotopic (exact) mass is 431 g/mol. The molecule has 1 aliphatic heterocycles. The molecule has 1 aromatic carbocycles. The van der Waals surface area contributed by atoms with Gasteiger partial charge in [-0.3, -0.25) is 15.2 Å². The van der Waals surface area contributed by atoms with Crippen molar-refractivity contribution in [3.63, 3.8) is 0 Å². The minimum Gasteiger partial charge on any atom is -0.460 e. The van der Waals surface area contributed by atoms with Crippen molar-refractivity contribution in [3.05, 3.63) is 50.9 Å². The third-order valence-corrected chi connectivity index (χ3v) is 6.30. The number of hydrogen-bond donors (Lipinski definition) is 1. The Morgan fingerprint density at radius 3 is 2.48 bits per heavy atom. The van der Waals surface area contributed by atoms with Crippen LogP contribution < -0.4 is 4.90 Å². The number of fused-ring (bicyclic) bond motifs is 1. The van der Waals surface area contributed by atoms with Crippen molar-refractivity contribution in [2.24, 2.45) is 4.99 Å². The maximum Gasteiger partial charge on any atom is 0.308 e. The van der Waals surface area contributed by atoms with Crippen LogP contribution in [0.3, 0.4) is 0 Å². The number of rotatable bonds is 3. The molecule has 0 amide bonds. The summed E-state index contributed by atoms with van der Waals surface area (Å²) in [5, 5.41) is 10.3. The summed E-state index contributed by atoms with van der Waals surface area (Å²) in [6.45, 7) is 9.65. The van der Waals surface area contributed by atoms with Gasteiger partial charge in [-0.2, -0.15) is 0 Å². The summed E-state index contributed by atoms with van der Waals surface area (Å²) in [6, 6.07) is 6.89. The molecule has 0 saturated carbocycles. The van der Waals surface area contributed by atoms with E-state index in [1.807, 2.05) is 57.0 Å². The molecule has 2 heterocycles. The van der Waals surface area contributed by atoms with Crippen molar-refractivity contribution >= 4 is 45.5 Å². The SMILES string of the molecule is Cc1sc2c(c1C)C(c1ccc(Cl)cc1)=N[C@@H](CC(=O)OC(C)(C)C)C(=N)N2C. The highest BCUT2D eigenvalue weighted by atomic mass is 35.5. The minimum absolute atomic E-state index is 0.0184. The molecule has 154 valence electrons. The molecule has 5 nitrogen and oxygen atoms in total. The van der Waals surface area contributed by atoms with Crippen molar-refractivity contribution in [1.29, 1.82) is 5.41 Å². The molecule has 0 aliphatic carbocycles. The zero-order chi connectivity index (χ0) is 21.5. The van der Waals surface area contributed by atoms with Crippen LogP contribution in [0, 0.1) is 19.3 Å². The lowest BCUT2D eigenvalue weighted by Crippen LogP contribution is -2.36. The van der Waals surface area contributed by atoms with Gasteiger partial charge in [-0.25, -0.2) is 0 Å². The molecule has 1 N–H and O–H groups in total. The molecule has 1 aliphatic rings. The Morgan fingerprint density at radius 1 is 1.28 bits per heavy atom. The highest BCUT2D eigenvalue weighted by Crippen LogP contribution is 2.39. The predicted octanol–water partition coefficient (Wildman–Crippen LogP) is 5.38. The molecule has 0 bridgehead atoms. The fraction of sp³-hybridized carbons (Fsp3) is 0.409. The van der Waals surface area contributed by atoms with Crippen LogP contribution in [0.1, 0.15) is 48.8 Å². The van der Waals surface area contributed by atoms with Crippen molar-refractivity contribution < 1.29 is 9.53 Å². The molecule has 1 atom stereocenters. The molecular weight excluding hydrogens is 406 g/mol. The van der Waals surface area contributed by atoms with Crippen molar-refractivity contribution in [2.45, 2.75) is 52.7 Å². The van der Waals surface area contributed by atoms with Crippen LogP contribution in [0.15, 0.2) is 29.3 Å². The largest absolute Gasteiger partial charge is 0.460 e. The second kappa shape index (κ2) is 7.92. The van der Waals surface area contributed by atoms with Gasteiger partial charge in [0.05, 0.1) is 12.1 Å². The third kappa shape index (κ3) is 4.54. The van der Waals surface area contributed by atoms with Crippen LogP contribution in [-0.4, -0.2) is 36.2 Å². The highest BCUT2D eigenvalue weighted by molar-refractivity contribution is 7.17. The first-order chi connectivity index (χ1) is 13.5. The lowest BCUT2D eigenvalue weighted by molar-refractivity contribution is -0.154. The minimum atomic E-state index is -0.625. The summed E-state index contributed by atoms with van der Waals surface area (Å²) in [6.07, 6.45) is 0.0184. The van der Waals surface area contributed by atoms with Crippen molar-refractivity contribution in [3.8, 4) is 0 Å². The number of benzene rings is 1. The Hall–Kier alpha value is -2.18.